The maximum atomic E-state index is 12.9. The van der Waals surface area contributed by atoms with E-state index in [9.17, 15) is 4.79 Å². The van der Waals surface area contributed by atoms with Crippen molar-refractivity contribution in [2.24, 2.45) is 11.8 Å². The Labute approximate surface area is 200 Å². The number of aromatic nitrogens is 3. The van der Waals surface area contributed by atoms with Crippen molar-refractivity contribution in [3.63, 3.8) is 0 Å². The lowest BCUT2D eigenvalue weighted by atomic mass is 9.92. The molecule has 2 unspecified atom stereocenters. The maximum absolute atomic E-state index is 12.9. The van der Waals surface area contributed by atoms with Crippen LogP contribution in [0.4, 0.5) is 0 Å². The van der Waals surface area contributed by atoms with E-state index in [1.54, 1.807) is 7.11 Å². The SMILES string of the molecule is COc1ccc(-c2nnc(SCC(=O)N3CC(C)CC(C)C3)n2CCc2ccccc2)cc1. The number of carbonyl (C=O) groups excluding carboxylic acids is 1. The normalized spacial score (nSPS) is 18.3. The Morgan fingerprint density at radius 1 is 1.03 bits per heavy atom. The number of methoxy groups -OCH3 is 1. The molecule has 2 atom stereocenters. The molecule has 7 heteroatoms. The van der Waals surface area contributed by atoms with E-state index in [0.717, 1.165) is 48.3 Å². The largest absolute Gasteiger partial charge is 0.497 e. The molecule has 3 aromatic rings. The van der Waals surface area contributed by atoms with Crippen LogP contribution >= 0.6 is 11.8 Å². The van der Waals surface area contributed by atoms with Crippen LogP contribution in [-0.4, -0.2) is 51.5 Å². The molecule has 1 fully saturated rings. The maximum Gasteiger partial charge on any atom is 0.233 e. The van der Waals surface area contributed by atoms with Gasteiger partial charge in [-0.3, -0.25) is 4.79 Å². The molecule has 174 valence electrons. The molecule has 0 aliphatic carbocycles. The molecule has 0 N–H and O–H groups in total. The monoisotopic (exact) mass is 464 g/mol. The summed E-state index contributed by atoms with van der Waals surface area (Å²) in [5, 5.41) is 9.74. The van der Waals surface area contributed by atoms with Gasteiger partial charge in [-0.2, -0.15) is 0 Å². The minimum atomic E-state index is 0.182. The van der Waals surface area contributed by atoms with Crippen LogP contribution < -0.4 is 4.74 Å². The zero-order valence-corrected chi connectivity index (χ0v) is 20.4. The molecule has 6 nitrogen and oxygen atoms in total. The van der Waals surface area contributed by atoms with Crippen LogP contribution in [0.2, 0.25) is 0 Å². The first-order valence-electron chi connectivity index (χ1n) is 11.6. The van der Waals surface area contributed by atoms with Gasteiger partial charge in [-0.15, -0.1) is 10.2 Å². The number of hydrogen-bond acceptors (Lipinski definition) is 5. The van der Waals surface area contributed by atoms with Gasteiger partial charge in [-0.25, -0.2) is 0 Å². The van der Waals surface area contributed by atoms with Gasteiger partial charge < -0.3 is 14.2 Å². The lowest BCUT2D eigenvalue weighted by Gasteiger charge is -2.35. The molecule has 0 saturated carbocycles. The molecule has 1 amide bonds. The number of amides is 1. The van der Waals surface area contributed by atoms with E-state index in [1.807, 2.05) is 35.2 Å². The Balaban J connectivity index is 1.52. The topological polar surface area (TPSA) is 60.3 Å². The quantitative estimate of drug-likeness (QED) is 0.449. The molecule has 0 radical (unpaired) electrons. The van der Waals surface area contributed by atoms with E-state index in [2.05, 4.69) is 52.9 Å². The second-order valence-corrected chi connectivity index (χ2v) is 9.90. The van der Waals surface area contributed by atoms with Crippen molar-refractivity contribution in [1.29, 1.82) is 0 Å². The van der Waals surface area contributed by atoms with Crippen molar-refractivity contribution in [3.05, 3.63) is 60.2 Å². The Bertz CT molecular complexity index is 1040. The molecule has 1 aromatic heterocycles. The van der Waals surface area contributed by atoms with Crippen molar-refractivity contribution >= 4 is 17.7 Å². The fourth-order valence-corrected chi connectivity index (χ4v) is 5.39. The van der Waals surface area contributed by atoms with Crippen molar-refractivity contribution in [3.8, 4) is 17.1 Å². The van der Waals surface area contributed by atoms with E-state index in [0.29, 0.717) is 17.6 Å². The van der Waals surface area contributed by atoms with Crippen LogP contribution in [0, 0.1) is 11.8 Å². The second kappa shape index (κ2) is 10.9. The van der Waals surface area contributed by atoms with Crippen LogP contribution in [0.3, 0.4) is 0 Å². The van der Waals surface area contributed by atoms with E-state index < -0.39 is 0 Å². The summed E-state index contributed by atoms with van der Waals surface area (Å²) < 4.78 is 7.43. The number of piperidine rings is 1. The first kappa shape index (κ1) is 23.4. The fraction of sp³-hybridized carbons (Fsp3) is 0.423. The zero-order valence-electron chi connectivity index (χ0n) is 19.6. The van der Waals surface area contributed by atoms with Crippen LogP contribution in [0.25, 0.3) is 11.4 Å². The molecule has 1 aliphatic rings. The van der Waals surface area contributed by atoms with Gasteiger partial charge >= 0.3 is 0 Å². The number of rotatable bonds is 8. The molecule has 1 saturated heterocycles. The van der Waals surface area contributed by atoms with E-state index in [-0.39, 0.29) is 5.91 Å². The van der Waals surface area contributed by atoms with Crippen LogP contribution in [0.15, 0.2) is 59.8 Å². The first-order valence-corrected chi connectivity index (χ1v) is 12.5. The third-order valence-electron chi connectivity index (χ3n) is 6.08. The number of aryl methyl sites for hydroxylation is 1. The number of likely N-dealkylation sites (tertiary alicyclic amines) is 1. The minimum absolute atomic E-state index is 0.182. The van der Waals surface area contributed by atoms with Gasteiger partial charge in [0.25, 0.3) is 0 Å². The molecular weight excluding hydrogens is 432 g/mol. The molecule has 0 spiro atoms. The van der Waals surface area contributed by atoms with Gasteiger partial charge in [0.05, 0.1) is 12.9 Å². The van der Waals surface area contributed by atoms with Crippen molar-refractivity contribution in [1.82, 2.24) is 19.7 Å². The summed E-state index contributed by atoms with van der Waals surface area (Å²) in [7, 11) is 1.66. The van der Waals surface area contributed by atoms with E-state index in [4.69, 9.17) is 4.74 Å². The van der Waals surface area contributed by atoms with E-state index >= 15 is 0 Å². The lowest BCUT2D eigenvalue weighted by Crippen LogP contribution is -2.43. The fourth-order valence-electron chi connectivity index (χ4n) is 4.52. The molecule has 2 aromatic carbocycles. The van der Waals surface area contributed by atoms with Gasteiger partial charge in [-0.05, 0) is 54.5 Å². The average molecular weight is 465 g/mol. The lowest BCUT2D eigenvalue weighted by molar-refractivity contribution is -0.130. The highest BCUT2D eigenvalue weighted by molar-refractivity contribution is 7.99. The van der Waals surface area contributed by atoms with Crippen molar-refractivity contribution < 1.29 is 9.53 Å². The summed E-state index contributed by atoms with van der Waals surface area (Å²) in [6.45, 7) is 6.89. The number of nitrogens with zero attached hydrogens (tertiary/aromatic N) is 4. The van der Waals surface area contributed by atoms with Crippen LogP contribution in [-0.2, 0) is 17.8 Å². The Morgan fingerprint density at radius 3 is 2.39 bits per heavy atom. The van der Waals surface area contributed by atoms with Crippen LogP contribution in [0.1, 0.15) is 25.8 Å². The highest BCUT2D eigenvalue weighted by Gasteiger charge is 2.26. The molecule has 2 heterocycles. The first-order chi connectivity index (χ1) is 16.0. The van der Waals surface area contributed by atoms with Gasteiger partial charge in [0.1, 0.15) is 5.75 Å². The molecule has 0 bridgehead atoms. The Morgan fingerprint density at radius 2 is 1.73 bits per heavy atom. The number of hydrogen-bond donors (Lipinski definition) is 0. The predicted octanol–water partition coefficient (Wildman–Crippen LogP) is 4.79. The summed E-state index contributed by atoms with van der Waals surface area (Å²) in [5.74, 6) is 3.29. The van der Waals surface area contributed by atoms with Gasteiger partial charge in [0.2, 0.25) is 5.91 Å². The number of thioether (sulfide) groups is 1. The van der Waals surface area contributed by atoms with E-state index in [1.165, 1.54) is 23.7 Å². The molecular formula is C26H32N4O2S. The van der Waals surface area contributed by atoms with Gasteiger partial charge in [0.15, 0.2) is 11.0 Å². The highest BCUT2D eigenvalue weighted by atomic mass is 32.2. The minimum Gasteiger partial charge on any atom is -0.497 e. The molecule has 1 aliphatic heterocycles. The Hall–Kier alpha value is -2.80. The number of benzene rings is 2. The summed E-state index contributed by atoms with van der Waals surface area (Å²) in [4.78, 5) is 14.9. The Kier molecular flexibility index (Phi) is 7.70. The second-order valence-electron chi connectivity index (χ2n) is 8.96. The smallest absolute Gasteiger partial charge is 0.233 e. The van der Waals surface area contributed by atoms with Crippen molar-refractivity contribution in [2.45, 2.75) is 38.4 Å². The molecule has 33 heavy (non-hydrogen) atoms. The van der Waals surface area contributed by atoms with Gasteiger partial charge in [-0.1, -0.05) is 55.9 Å². The number of carbonyl (C=O) groups is 1. The standard InChI is InChI=1S/C26H32N4O2S/c1-19-15-20(2)17-29(16-19)24(31)18-33-26-28-27-25(22-9-11-23(32-3)12-10-22)30(26)14-13-21-7-5-4-6-8-21/h4-12,19-20H,13-18H2,1-3H3. The summed E-state index contributed by atoms with van der Waals surface area (Å²) in [5.41, 5.74) is 2.24. The third kappa shape index (κ3) is 5.96. The summed E-state index contributed by atoms with van der Waals surface area (Å²) >= 11 is 1.48. The highest BCUT2D eigenvalue weighted by Crippen LogP contribution is 2.27. The summed E-state index contributed by atoms with van der Waals surface area (Å²) in [6.07, 6.45) is 2.06. The number of ether oxygens (including phenoxy) is 1. The van der Waals surface area contributed by atoms with Gasteiger partial charge in [0, 0.05) is 25.2 Å². The predicted molar refractivity (Wildman–Crippen MR) is 132 cm³/mol. The molecule has 4 rings (SSSR count). The summed E-state index contributed by atoms with van der Waals surface area (Å²) in [6, 6.07) is 18.3. The van der Waals surface area contributed by atoms with Crippen LogP contribution in [0.5, 0.6) is 5.75 Å². The third-order valence-corrected chi connectivity index (χ3v) is 7.03. The zero-order chi connectivity index (χ0) is 23.2. The van der Waals surface area contributed by atoms with Crippen molar-refractivity contribution in [2.75, 3.05) is 26.0 Å². The average Bonchev–Trinajstić information content (AvgIpc) is 3.24.